The molecule has 0 aromatic heterocycles. The van der Waals surface area contributed by atoms with Crippen molar-refractivity contribution in [1.29, 1.82) is 0 Å². The van der Waals surface area contributed by atoms with Gasteiger partial charge in [0, 0.05) is 5.56 Å². The van der Waals surface area contributed by atoms with Gasteiger partial charge in [-0.3, -0.25) is 0 Å². The zero-order valence-corrected chi connectivity index (χ0v) is 12.4. The lowest BCUT2D eigenvalue weighted by Gasteiger charge is -2.12. The molecule has 0 spiro atoms. The van der Waals surface area contributed by atoms with E-state index in [1.54, 1.807) is 12.1 Å². The minimum absolute atomic E-state index is 0.137. The van der Waals surface area contributed by atoms with Crippen molar-refractivity contribution in [2.45, 2.75) is 13.5 Å². The summed E-state index contributed by atoms with van der Waals surface area (Å²) in [6.07, 6.45) is 0. The third kappa shape index (κ3) is 3.46. The fourth-order valence-electron chi connectivity index (χ4n) is 1.78. The Labute approximate surface area is 127 Å². The van der Waals surface area contributed by atoms with Crippen LogP contribution in [0, 0.1) is 12.7 Å². The smallest absolute Gasteiger partial charge is 0.138 e. The molecule has 0 heterocycles. The van der Waals surface area contributed by atoms with E-state index in [4.69, 9.17) is 34.3 Å². The molecule has 0 saturated heterocycles. The van der Waals surface area contributed by atoms with Crippen LogP contribution in [-0.2, 0) is 6.61 Å². The van der Waals surface area contributed by atoms with Gasteiger partial charge in [-0.1, -0.05) is 36.0 Å². The summed E-state index contributed by atoms with van der Waals surface area (Å²) in [4.78, 5) is 0.137. The summed E-state index contributed by atoms with van der Waals surface area (Å²) in [5.41, 5.74) is 7.82. The third-order valence-corrected chi connectivity index (χ3v) is 3.34. The fourth-order valence-corrected chi connectivity index (χ4v) is 2.14. The number of thiocarbonyl (C=S) groups is 1. The Kier molecular flexibility index (Phi) is 4.57. The molecule has 0 aliphatic carbocycles. The summed E-state index contributed by atoms with van der Waals surface area (Å²) in [5, 5.41) is 0.523. The van der Waals surface area contributed by atoms with Crippen LogP contribution < -0.4 is 10.5 Å². The molecular formula is C15H13ClFNOS. The Morgan fingerprint density at radius 2 is 2.05 bits per heavy atom. The van der Waals surface area contributed by atoms with E-state index in [2.05, 4.69) is 0 Å². The molecule has 0 bridgehead atoms. The molecule has 2 nitrogen and oxygen atoms in total. The Morgan fingerprint density at radius 1 is 1.30 bits per heavy atom. The number of nitrogens with two attached hydrogens (primary N) is 1. The highest BCUT2D eigenvalue weighted by Crippen LogP contribution is 2.26. The van der Waals surface area contributed by atoms with E-state index in [1.165, 1.54) is 12.1 Å². The van der Waals surface area contributed by atoms with Crippen molar-refractivity contribution >= 4 is 28.8 Å². The summed E-state index contributed by atoms with van der Waals surface area (Å²) < 4.78 is 18.9. The first-order valence-electron chi connectivity index (χ1n) is 5.94. The van der Waals surface area contributed by atoms with Gasteiger partial charge in [-0.2, -0.15) is 0 Å². The number of rotatable bonds is 4. The molecule has 0 saturated carbocycles. The molecule has 0 atom stereocenters. The van der Waals surface area contributed by atoms with Crippen LogP contribution in [0.25, 0.3) is 0 Å². The van der Waals surface area contributed by atoms with E-state index < -0.39 is 0 Å². The van der Waals surface area contributed by atoms with Crippen LogP contribution in [0.15, 0.2) is 36.4 Å². The second kappa shape index (κ2) is 6.20. The van der Waals surface area contributed by atoms with Crippen LogP contribution in [-0.4, -0.2) is 4.99 Å². The highest BCUT2D eigenvalue weighted by molar-refractivity contribution is 7.80. The van der Waals surface area contributed by atoms with Crippen molar-refractivity contribution in [2.24, 2.45) is 5.73 Å². The Hall–Kier alpha value is -1.65. The summed E-state index contributed by atoms with van der Waals surface area (Å²) >= 11 is 11.0. The number of aryl methyl sites for hydroxylation is 1. The molecule has 2 aromatic carbocycles. The minimum Gasteiger partial charge on any atom is -0.487 e. The van der Waals surface area contributed by atoms with E-state index in [0.717, 1.165) is 11.1 Å². The molecule has 2 aromatic rings. The number of halogens is 2. The maximum atomic E-state index is 13.2. The van der Waals surface area contributed by atoms with Gasteiger partial charge < -0.3 is 10.5 Å². The number of ether oxygens (including phenoxy) is 1. The standard InChI is InChI=1S/C15H13ClFNOS/c1-9-2-5-13(16)14(6-9)19-8-10-3-4-11(17)7-12(10)15(18)20/h2-7H,8H2,1H3,(H2,18,20). The Balaban J connectivity index is 2.23. The van der Waals surface area contributed by atoms with E-state index in [-0.39, 0.29) is 17.4 Å². The summed E-state index contributed by atoms with van der Waals surface area (Å²) in [6.45, 7) is 2.16. The van der Waals surface area contributed by atoms with Crippen LogP contribution in [0.3, 0.4) is 0 Å². The third-order valence-electron chi connectivity index (χ3n) is 2.81. The molecular weight excluding hydrogens is 297 g/mol. The Bertz CT molecular complexity index is 660. The van der Waals surface area contributed by atoms with Crippen molar-refractivity contribution in [3.05, 3.63) is 63.9 Å². The lowest BCUT2D eigenvalue weighted by atomic mass is 10.1. The summed E-state index contributed by atoms with van der Waals surface area (Å²) in [7, 11) is 0. The lowest BCUT2D eigenvalue weighted by molar-refractivity contribution is 0.306. The van der Waals surface area contributed by atoms with E-state index in [1.807, 2.05) is 19.1 Å². The highest BCUT2D eigenvalue weighted by Gasteiger charge is 2.09. The van der Waals surface area contributed by atoms with Crippen LogP contribution in [0.5, 0.6) is 5.75 Å². The molecule has 0 aliphatic heterocycles. The molecule has 5 heteroatoms. The van der Waals surface area contributed by atoms with Gasteiger partial charge in [0.25, 0.3) is 0 Å². The van der Waals surface area contributed by atoms with Gasteiger partial charge in [-0.15, -0.1) is 0 Å². The highest BCUT2D eigenvalue weighted by atomic mass is 35.5. The molecule has 2 N–H and O–H groups in total. The van der Waals surface area contributed by atoms with Gasteiger partial charge in [0.05, 0.1) is 5.02 Å². The molecule has 0 unspecified atom stereocenters. The molecule has 0 aliphatic rings. The first kappa shape index (κ1) is 14.8. The van der Waals surface area contributed by atoms with E-state index >= 15 is 0 Å². The normalized spacial score (nSPS) is 10.3. The maximum absolute atomic E-state index is 13.2. The molecule has 0 radical (unpaired) electrons. The zero-order valence-electron chi connectivity index (χ0n) is 10.8. The van der Waals surface area contributed by atoms with Gasteiger partial charge in [0.15, 0.2) is 0 Å². The number of hydrogen-bond donors (Lipinski definition) is 1. The van der Waals surface area contributed by atoms with Gasteiger partial charge in [0.1, 0.15) is 23.2 Å². The SMILES string of the molecule is Cc1ccc(Cl)c(OCc2ccc(F)cc2C(N)=S)c1. The van der Waals surface area contributed by atoms with Crippen LogP contribution >= 0.6 is 23.8 Å². The topological polar surface area (TPSA) is 35.2 Å². The lowest BCUT2D eigenvalue weighted by Crippen LogP contribution is -2.14. The van der Waals surface area contributed by atoms with Crippen molar-refractivity contribution in [3.63, 3.8) is 0 Å². The summed E-state index contributed by atoms with van der Waals surface area (Å²) in [6, 6.07) is 9.76. The molecule has 104 valence electrons. The Morgan fingerprint density at radius 3 is 2.75 bits per heavy atom. The fraction of sp³-hybridized carbons (Fsp3) is 0.133. The van der Waals surface area contributed by atoms with Crippen molar-refractivity contribution in [3.8, 4) is 5.75 Å². The molecule has 0 amide bonds. The van der Waals surface area contributed by atoms with E-state index in [0.29, 0.717) is 16.3 Å². The predicted octanol–water partition coefficient (Wildman–Crippen LogP) is 4.00. The van der Waals surface area contributed by atoms with Crippen molar-refractivity contribution in [2.75, 3.05) is 0 Å². The van der Waals surface area contributed by atoms with Gasteiger partial charge in [-0.05, 0) is 42.3 Å². The number of benzene rings is 2. The van der Waals surface area contributed by atoms with Crippen molar-refractivity contribution < 1.29 is 9.13 Å². The maximum Gasteiger partial charge on any atom is 0.138 e. The van der Waals surface area contributed by atoms with E-state index in [9.17, 15) is 4.39 Å². The zero-order chi connectivity index (χ0) is 14.7. The predicted molar refractivity (Wildman–Crippen MR) is 82.8 cm³/mol. The monoisotopic (exact) mass is 309 g/mol. The van der Waals surface area contributed by atoms with Crippen LogP contribution in [0.1, 0.15) is 16.7 Å². The van der Waals surface area contributed by atoms with Crippen molar-refractivity contribution in [1.82, 2.24) is 0 Å². The van der Waals surface area contributed by atoms with Gasteiger partial charge >= 0.3 is 0 Å². The van der Waals surface area contributed by atoms with Gasteiger partial charge in [-0.25, -0.2) is 4.39 Å². The largest absolute Gasteiger partial charge is 0.487 e. The molecule has 0 fully saturated rings. The molecule has 2 rings (SSSR count). The average Bonchev–Trinajstić information content (AvgIpc) is 2.40. The minimum atomic E-state index is -0.384. The first-order chi connectivity index (χ1) is 9.47. The summed E-state index contributed by atoms with van der Waals surface area (Å²) in [5.74, 6) is 0.190. The first-order valence-corrected chi connectivity index (χ1v) is 6.73. The average molecular weight is 310 g/mol. The quantitative estimate of drug-likeness (QED) is 0.867. The number of hydrogen-bond acceptors (Lipinski definition) is 2. The second-order valence-electron chi connectivity index (χ2n) is 4.39. The molecule has 20 heavy (non-hydrogen) atoms. The van der Waals surface area contributed by atoms with Gasteiger partial charge in [0.2, 0.25) is 0 Å². The second-order valence-corrected chi connectivity index (χ2v) is 5.24. The van der Waals surface area contributed by atoms with Crippen LogP contribution in [0.4, 0.5) is 4.39 Å². The van der Waals surface area contributed by atoms with Crippen LogP contribution in [0.2, 0.25) is 5.02 Å².